The van der Waals surface area contributed by atoms with E-state index in [1.54, 1.807) is 18.2 Å². The molecule has 1 N–H and O–H groups in total. The molecular formula is C12H9ClN2O4. The summed E-state index contributed by atoms with van der Waals surface area (Å²) in [5.74, 6) is -0.423. The average molecular weight is 281 g/mol. The molecule has 2 aromatic rings. The maximum Gasteiger partial charge on any atom is 0.287 e. The summed E-state index contributed by atoms with van der Waals surface area (Å²) in [5, 5.41) is 13.4. The van der Waals surface area contributed by atoms with Crippen LogP contribution in [0.5, 0.6) is 0 Å². The quantitative estimate of drug-likeness (QED) is 0.689. The average Bonchev–Trinajstić information content (AvgIpc) is 2.83. The van der Waals surface area contributed by atoms with Crippen LogP contribution in [-0.2, 0) is 6.54 Å². The minimum atomic E-state index is -0.495. The van der Waals surface area contributed by atoms with Gasteiger partial charge >= 0.3 is 0 Å². The molecule has 0 radical (unpaired) electrons. The fraction of sp³-hybridized carbons (Fsp3) is 0.0833. The summed E-state index contributed by atoms with van der Waals surface area (Å²) >= 11 is 5.55. The van der Waals surface area contributed by atoms with Gasteiger partial charge in [-0.15, -0.1) is 0 Å². The summed E-state index contributed by atoms with van der Waals surface area (Å²) in [6.45, 7) is 0.0360. The van der Waals surface area contributed by atoms with Crippen molar-refractivity contribution < 1.29 is 14.1 Å². The van der Waals surface area contributed by atoms with E-state index in [1.807, 2.05) is 0 Å². The van der Waals surface area contributed by atoms with Crippen molar-refractivity contribution in [2.45, 2.75) is 6.54 Å². The van der Waals surface area contributed by atoms with E-state index in [-0.39, 0.29) is 23.2 Å². The predicted molar refractivity (Wildman–Crippen MR) is 68.0 cm³/mol. The number of amides is 1. The van der Waals surface area contributed by atoms with Crippen molar-refractivity contribution in [3.63, 3.8) is 0 Å². The van der Waals surface area contributed by atoms with Gasteiger partial charge in [-0.3, -0.25) is 14.9 Å². The molecule has 2 rings (SSSR count). The fourth-order valence-electron chi connectivity index (χ4n) is 1.54. The topological polar surface area (TPSA) is 85.4 Å². The molecule has 0 spiro atoms. The van der Waals surface area contributed by atoms with Crippen molar-refractivity contribution in [3.05, 3.63) is 63.1 Å². The van der Waals surface area contributed by atoms with E-state index >= 15 is 0 Å². The fourth-order valence-corrected chi connectivity index (χ4v) is 1.68. The minimum absolute atomic E-state index is 0.0360. The van der Waals surface area contributed by atoms with E-state index in [9.17, 15) is 14.9 Å². The Hall–Kier alpha value is -2.34. The van der Waals surface area contributed by atoms with Crippen molar-refractivity contribution in [1.29, 1.82) is 0 Å². The standard InChI is InChI=1S/C12H9ClN2O4/c13-11-6-5-10(19-11)12(16)14-7-8-3-1-2-4-9(8)15(17)18/h1-6H,7H2,(H,14,16). The number of nitro groups is 1. The molecule has 0 aliphatic rings. The van der Waals surface area contributed by atoms with Gasteiger partial charge in [0.25, 0.3) is 11.6 Å². The Labute approximate surface area is 113 Å². The lowest BCUT2D eigenvalue weighted by Crippen LogP contribution is -2.22. The number of nitrogens with zero attached hydrogens (tertiary/aromatic N) is 1. The summed E-state index contributed by atoms with van der Waals surface area (Å²) in [5.41, 5.74) is 0.374. The molecule has 1 aromatic carbocycles. The highest BCUT2D eigenvalue weighted by Crippen LogP contribution is 2.18. The van der Waals surface area contributed by atoms with Crippen LogP contribution in [0.25, 0.3) is 0 Å². The van der Waals surface area contributed by atoms with E-state index < -0.39 is 10.8 Å². The lowest BCUT2D eigenvalue weighted by molar-refractivity contribution is -0.385. The second-order valence-corrected chi connectivity index (χ2v) is 4.04. The highest BCUT2D eigenvalue weighted by Gasteiger charge is 2.15. The highest BCUT2D eigenvalue weighted by atomic mass is 35.5. The van der Waals surface area contributed by atoms with Crippen LogP contribution in [-0.4, -0.2) is 10.8 Å². The lowest BCUT2D eigenvalue weighted by Gasteiger charge is -2.04. The summed E-state index contributed by atoms with van der Waals surface area (Å²) in [6, 6.07) is 9.06. The smallest absolute Gasteiger partial charge is 0.287 e. The maximum atomic E-state index is 11.7. The third kappa shape index (κ3) is 3.11. The van der Waals surface area contributed by atoms with Crippen molar-refractivity contribution in [1.82, 2.24) is 5.32 Å². The first-order valence-corrected chi connectivity index (χ1v) is 5.71. The molecule has 1 heterocycles. The molecule has 1 amide bonds. The van der Waals surface area contributed by atoms with Gasteiger partial charge < -0.3 is 9.73 Å². The first-order valence-electron chi connectivity index (χ1n) is 5.34. The normalized spacial score (nSPS) is 10.2. The Kier molecular flexibility index (Phi) is 3.82. The molecular weight excluding hydrogens is 272 g/mol. The van der Waals surface area contributed by atoms with Crippen LogP contribution in [0.15, 0.2) is 40.8 Å². The number of carbonyl (C=O) groups excluding carboxylic acids is 1. The largest absolute Gasteiger partial charge is 0.440 e. The van der Waals surface area contributed by atoms with Gasteiger partial charge in [-0.05, 0) is 23.7 Å². The molecule has 0 aliphatic heterocycles. The molecule has 0 aliphatic carbocycles. The third-order valence-electron chi connectivity index (χ3n) is 2.42. The summed E-state index contributed by atoms with van der Waals surface area (Å²) in [6.07, 6.45) is 0. The second kappa shape index (κ2) is 5.53. The van der Waals surface area contributed by atoms with Gasteiger partial charge in [0, 0.05) is 18.2 Å². The first-order chi connectivity index (χ1) is 9.08. The maximum absolute atomic E-state index is 11.7. The Morgan fingerprint density at radius 1 is 1.32 bits per heavy atom. The third-order valence-corrected chi connectivity index (χ3v) is 2.63. The van der Waals surface area contributed by atoms with Crippen molar-refractivity contribution in [2.75, 3.05) is 0 Å². The predicted octanol–water partition coefficient (Wildman–Crippen LogP) is 2.77. The molecule has 6 nitrogen and oxygen atoms in total. The van der Waals surface area contributed by atoms with Crippen LogP contribution in [0.1, 0.15) is 16.1 Å². The molecule has 0 atom stereocenters. The molecule has 0 unspecified atom stereocenters. The monoisotopic (exact) mass is 280 g/mol. The van der Waals surface area contributed by atoms with Gasteiger partial charge in [-0.25, -0.2) is 0 Å². The zero-order valence-corrected chi connectivity index (χ0v) is 10.4. The number of nitrogens with one attached hydrogen (secondary N) is 1. The van der Waals surface area contributed by atoms with Crippen LogP contribution < -0.4 is 5.32 Å². The number of hydrogen-bond acceptors (Lipinski definition) is 4. The van der Waals surface area contributed by atoms with E-state index in [1.165, 1.54) is 18.2 Å². The van der Waals surface area contributed by atoms with Gasteiger partial charge in [0.05, 0.1) is 4.92 Å². The minimum Gasteiger partial charge on any atom is -0.440 e. The highest BCUT2D eigenvalue weighted by molar-refractivity contribution is 6.29. The summed E-state index contributed by atoms with van der Waals surface area (Å²) in [7, 11) is 0. The lowest BCUT2D eigenvalue weighted by atomic mass is 10.2. The number of rotatable bonds is 4. The molecule has 19 heavy (non-hydrogen) atoms. The van der Waals surface area contributed by atoms with E-state index in [0.29, 0.717) is 5.56 Å². The van der Waals surface area contributed by atoms with Gasteiger partial charge in [-0.1, -0.05) is 18.2 Å². The van der Waals surface area contributed by atoms with Crippen molar-refractivity contribution in [3.8, 4) is 0 Å². The number of benzene rings is 1. The molecule has 98 valence electrons. The molecule has 0 saturated heterocycles. The number of hydrogen-bond donors (Lipinski definition) is 1. The van der Waals surface area contributed by atoms with Gasteiger partial charge in [0.1, 0.15) is 0 Å². The van der Waals surface area contributed by atoms with E-state index in [0.717, 1.165) is 0 Å². The van der Waals surface area contributed by atoms with Gasteiger partial charge in [0.2, 0.25) is 0 Å². The number of nitro benzene ring substituents is 1. The molecule has 0 fully saturated rings. The summed E-state index contributed by atoms with van der Waals surface area (Å²) in [4.78, 5) is 22.0. The van der Waals surface area contributed by atoms with Crippen molar-refractivity contribution in [2.24, 2.45) is 0 Å². The van der Waals surface area contributed by atoms with Crippen molar-refractivity contribution >= 4 is 23.2 Å². The van der Waals surface area contributed by atoms with Crippen LogP contribution >= 0.6 is 11.6 Å². The zero-order chi connectivity index (χ0) is 13.8. The van der Waals surface area contributed by atoms with Crippen LogP contribution in [0, 0.1) is 10.1 Å². The SMILES string of the molecule is O=C(NCc1ccccc1[N+](=O)[O-])c1ccc(Cl)o1. The van der Waals surface area contributed by atoms with E-state index in [2.05, 4.69) is 5.32 Å². The molecule has 0 bridgehead atoms. The van der Waals surface area contributed by atoms with E-state index in [4.69, 9.17) is 16.0 Å². The summed E-state index contributed by atoms with van der Waals surface area (Å²) < 4.78 is 4.93. The van der Waals surface area contributed by atoms with Crippen LogP contribution in [0.4, 0.5) is 5.69 Å². The number of para-hydroxylation sites is 1. The first kappa shape index (κ1) is 13.1. The molecule has 0 saturated carbocycles. The molecule has 7 heteroatoms. The van der Waals surface area contributed by atoms with Crippen LogP contribution in [0.3, 0.4) is 0 Å². The molecule has 1 aromatic heterocycles. The Balaban J connectivity index is 2.07. The van der Waals surface area contributed by atoms with Gasteiger partial charge in [-0.2, -0.15) is 0 Å². The van der Waals surface area contributed by atoms with Crippen LogP contribution in [0.2, 0.25) is 5.22 Å². The Bertz CT molecular complexity index is 624. The second-order valence-electron chi connectivity index (χ2n) is 3.67. The zero-order valence-electron chi connectivity index (χ0n) is 9.63. The van der Waals surface area contributed by atoms with Gasteiger partial charge in [0.15, 0.2) is 11.0 Å². The number of furan rings is 1. The Morgan fingerprint density at radius 2 is 2.05 bits per heavy atom. The number of halogens is 1. The number of carbonyl (C=O) groups is 1. The Morgan fingerprint density at radius 3 is 2.68 bits per heavy atom.